The Hall–Kier alpha value is -2.29. The molecule has 1 saturated heterocycles. The molecule has 156 valence electrons. The third kappa shape index (κ3) is 4.83. The van der Waals surface area contributed by atoms with Crippen molar-refractivity contribution in [3.05, 3.63) is 45.6 Å². The molecule has 29 heavy (non-hydrogen) atoms. The van der Waals surface area contributed by atoms with Crippen LogP contribution in [0.15, 0.2) is 18.2 Å². The maximum absolute atomic E-state index is 14.3. The van der Waals surface area contributed by atoms with Gasteiger partial charge in [-0.25, -0.2) is 4.39 Å². The van der Waals surface area contributed by atoms with Gasteiger partial charge in [0.1, 0.15) is 16.9 Å². The van der Waals surface area contributed by atoms with E-state index in [2.05, 4.69) is 10.6 Å². The van der Waals surface area contributed by atoms with Crippen molar-refractivity contribution in [1.29, 1.82) is 0 Å². The summed E-state index contributed by atoms with van der Waals surface area (Å²) in [6.07, 6.45) is -0.258. The maximum atomic E-state index is 14.3. The monoisotopic (exact) mass is 420 g/mol. The number of thiophene rings is 1. The summed E-state index contributed by atoms with van der Waals surface area (Å²) in [6.45, 7) is 9.24. The SMILES string of the molecule is CC(=O)c1sc(Nc2ccc(C)cc2F)c(C(=O)NCC2COC(C)(C)O2)c1C. The zero-order valence-corrected chi connectivity index (χ0v) is 18.0. The molecule has 1 aromatic heterocycles. The molecule has 0 bridgehead atoms. The Kier molecular flexibility index (Phi) is 6.07. The average Bonchev–Trinajstić information content (AvgIpc) is 3.14. The summed E-state index contributed by atoms with van der Waals surface area (Å²) < 4.78 is 25.5. The van der Waals surface area contributed by atoms with Crippen LogP contribution in [0.1, 0.15) is 51.9 Å². The minimum atomic E-state index is -0.675. The highest BCUT2D eigenvalue weighted by molar-refractivity contribution is 7.18. The van der Waals surface area contributed by atoms with E-state index in [0.29, 0.717) is 27.6 Å². The summed E-state index contributed by atoms with van der Waals surface area (Å²) in [6, 6.07) is 4.80. The van der Waals surface area contributed by atoms with Gasteiger partial charge in [0.15, 0.2) is 11.6 Å². The predicted molar refractivity (Wildman–Crippen MR) is 111 cm³/mol. The summed E-state index contributed by atoms with van der Waals surface area (Å²) in [5, 5.41) is 6.25. The Balaban J connectivity index is 1.84. The van der Waals surface area contributed by atoms with E-state index < -0.39 is 11.6 Å². The van der Waals surface area contributed by atoms with E-state index in [9.17, 15) is 14.0 Å². The molecule has 6 nitrogen and oxygen atoms in total. The number of anilines is 2. The fourth-order valence-corrected chi connectivity index (χ4v) is 4.33. The largest absolute Gasteiger partial charge is 0.349 e. The minimum Gasteiger partial charge on any atom is -0.349 e. The molecule has 2 heterocycles. The molecule has 0 radical (unpaired) electrons. The standard InChI is InChI=1S/C21H25FN2O4S/c1-11-6-7-16(15(22)8-11)24-20-17(12(2)18(29-20)13(3)25)19(26)23-9-14-10-27-21(4,5)28-14/h6-8,14,24H,9-10H2,1-5H3,(H,23,26). The minimum absolute atomic E-state index is 0.145. The number of amides is 1. The predicted octanol–water partition coefficient (Wildman–Crippen LogP) is 4.33. The number of carbonyl (C=O) groups is 2. The second-order valence-corrected chi connectivity index (χ2v) is 8.61. The van der Waals surface area contributed by atoms with E-state index in [-0.39, 0.29) is 30.0 Å². The van der Waals surface area contributed by atoms with Crippen LogP contribution < -0.4 is 10.6 Å². The van der Waals surface area contributed by atoms with E-state index in [0.717, 1.165) is 16.9 Å². The van der Waals surface area contributed by atoms with Crippen LogP contribution in [0.2, 0.25) is 0 Å². The number of aryl methyl sites for hydroxylation is 1. The molecule has 2 N–H and O–H groups in total. The van der Waals surface area contributed by atoms with Crippen molar-refractivity contribution < 1.29 is 23.5 Å². The van der Waals surface area contributed by atoms with Gasteiger partial charge < -0.3 is 20.1 Å². The molecule has 1 fully saturated rings. The lowest BCUT2D eigenvalue weighted by atomic mass is 10.1. The van der Waals surface area contributed by atoms with Crippen LogP contribution in [-0.4, -0.2) is 36.7 Å². The van der Waals surface area contributed by atoms with Gasteiger partial charge in [-0.2, -0.15) is 0 Å². The van der Waals surface area contributed by atoms with Crippen LogP contribution in [0.25, 0.3) is 0 Å². The van der Waals surface area contributed by atoms with Crippen molar-refractivity contribution in [3.8, 4) is 0 Å². The lowest BCUT2D eigenvalue weighted by Gasteiger charge is -2.17. The molecule has 0 saturated carbocycles. The normalized spacial score (nSPS) is 17.9. The quantitative estimate of drug-likeness (QED) is 0.680. The highest BCUT2D eigenvalue weighted by Gasteiger charge is 2.33. The zero-order chi connectivity index (χ0) is 21.3. The average molecular weight is 421 g/mol. The molecule has 1 atom stereocenters. The molecule has 1 unspecified atom stereocenters. The van der Waals surface area contributed by atoms with Gasteiger partial charge in [0.05, 0.1) is 22.7 Å². The summed E-state index contributed by atoms with van der Waals surface area (Å²) in [5.74, 6) is -1.60. The number of rotatable bonds is 6. The summed E-state index contributed by atoms with van der Waals surface area (Å²) in [4.78, 5) is 25.4. The van der Waals surface area contributed by atoms with Gasteiger partial charge in [0.2, 0.25) is 0 Å². The second-order valence-electron chi connectivity index (χ2n) is 7.59. The number of hydrogen-bond acceptors (Lipinski definition) is 6. The molecule has 1 aliphatic heterocycles. The van der Waals surface area contributed by atoms with Gasteiger partial charge in [-0.3, -0.25) is 9.59 Å². The molecule has 1 amide bonds. The van der Waals surface area contributed by atoms with Crippen LogP contribution in [0.4, 0.5) is 15.1 Å². The summed E-state index contributed by atoms with van der Waals surface area (Å²) in [5.41, 5.74) is 1.94. The van der Waals surface area contributed by atoms with Crippen molar-refractivity contribution >= 4 is 33.7 Å². The van der Waals surface area contributed by atoms with Crippen molar-refractivity contribution in [3.63, 3.8) is 0 Å². The first kappa shape index (κ1) is 21.4. The van der Waals surface area contributed by atoms with Crippen molar-refractivity contribution in [2.75, 3.05) is 18.5 Å². The van der Waals surface area contributed by atoms with Gasteiger partial charge in [-0.1, -0.05) is 6.07 Å². The number of halogens is 1. The number of hydrogen-bond donors (Lipinski definition) is 2. The van der Waals surface area contributed by atoms with Gasteiger partial charge in [-0.15, -0.1) is 11.3 Å². The first-order chi connectivity index (χ1) is 13.6. The number of ketones is 1. The Morgan fingerprint density at radius 2 is 2.03 bits per heavy atom. The van der Waals surface area contributed by atoms with E-state index >= 15 is 0 Å². The first-order valence-electron chi connectivity index (χ1n) is 9.35. The smallest absolute Gasteiger partial charge is 0.254 e. The van der Waals surface area contributed by atoms with Crippen LogP contribution >= 0.6 is 11.3 Å². The number of carbonyl (C=O) groups excluding carboxylic acids is 2. The van der Waals surface area contributed by atoms with Crippen LogP contribution in [0.3, 0.4) is 0 Å². The number of nitrogens with one attached hydrogen (secondary N) is 2. The maximum Gasteiger partial charge on any atom is 0.254 e. The van der Waals surface area contributed by atoms with Crippen LogP contribution in [-0.2, 0) is 9.47 Å². The van der Waals surface area contributed by atoms with Crippen molar-refractivity contribution in [1.82, 2.24) is 5.32 Å². The fourth-order valence-electron chi connectivity index (χ4n) is 3.21. The third-order valence-corrected chi connectivity index (χ3v) is 5.93. The number of ether oxygens (including phenoxy) is 2. The molecule has 2 aromatic rings. The highest BCUT2D eigenvalue weighted by Crippen LogP contribution is 2.36. The molecular weight excluding hydrogens is 395 g/mol. The van der Waals surface area contributed by atoms with E-state index in [1.807, 2.05) is 13.8 Å². The molecule has 1 aromatic carbocycles. The van der Waals surface area contributed by atoms with E-state index in [1.54, 1.807) is 26.0 Å². The summed E-state index contributed by atoms with van der Waals surface area (Å²) >= 11 is 1.14. The van der Waals surface area contributed by atoms with Gasteiger partial charge in [0.25, 0.3) is 5.91 Å². The van der Waals surface area contributed by atoms with Crippen LogP contribution in [0.5, 0.6) is 0 Å². The molecule has 8 heteroatoms. The molecule has 1 aliphatic rings. The van der Waals surface area contributed by atoms with Crippen molar-refractivity contribution in [2.24, 2.45) is 0 Å². The van der Waals surface area contributed by atoms with Gasteiger partial charge >= 0.3 is 0 Å². The Morgan fingerprint density at radius 1 is 1.31 bits per heavy atom. The van der Waals surface area contributed by atoms with E-state index in [1.165, 1.54) is 13.0 Å². The highest BCUT2D eigenvalue weighted by atomic mass is 32.1. The molecule has 0 spiro atoms. The molecular formula is C21H25FN2O4S. The van der Waals surface area contributed by atoms with E-state index in [4.69, 9.17) is 9.47 Å². The second kappa shape index (κ2) is 8.22. The lowest BCUT2D eigenvalue weighted by molar-refractivity contribution is -0.137. The Labute approximate surface area is 173 Å². The molecule has 0 aliphatic carbocycles. The van der Waals surface area contributed by atoms with Crippen LogP contribution in [0, 0.1) is 19.7 Å². The third-order valence-electron chi connectivity index (χ3n) is 4.62. The first-order valence-corrected chi connectivity index (χ1v) is 10.2. The van der Waals surface area contributed by atoms with Gasteiger partial charge in [-0.05, 0) is 57.9 Å². The lowest BCUT2D eigenvalue weighted by Crippen LogP contribution is -2.34. The van der Waals surface area contributed by atoms with Gasteiger partial charge in [0, 0.05) is 6.54 Å². The zero-order valence-electron chi connectivity index (χ0n) is 17.1. The number of Topliss-reactive ketones (excluding diaryl/α,β-unsaturated/α-hetero) is 1. The molecule has 3 rings (SSSR count). The number of benzene rings is 1. The fraction of sp³-hybridized carbons (Fsp3) is 0.429. The Morgan fingerprint density at radius 3 is 2.62 bits per heavy atom. The topological polar surface area (TPSA) is 76.7 Å². The Bertz CT molecular complexity index is 954. The van der Waals surface area contributed by atoms with Crippen molar-refractivity contribution in [2.45, 2.75) is 46.5 Å². The summed E-state index contributed by atoms with van der Waals surface area (Å²) in [7, 11) is 0.